The molecule has 1 saturated heterocycles. The molecule has 0 aromatic heterocycles. The fourth-order valence-corrected chi connectivity index (χ4v) is 1.79. The molecule has 15 heavy (non-hydrogen) atoms. The van der Waals surface area contributed by atoms with E-state index >= 15 is 0 Å². The first kappa shape index (κ1) is 11.8. The van der Waals surface area contributed by atoms with Gasteiger partial charge < -0.3 is 5.73 Å². The van der Waals surface area contributed by atoms with Crippen LogP contribution in [0.1, 0.15) is 26.2 Å². The van der Waals surface area contributed by atoms with Gasteiger partial charge in [0.05, 0.1) is 7.11 Å². The van der Waals surface area contributed by atoms with Crippen LogP contribution in [0.4, 0.5) is 4.79 Å². The van der Waals surface area contributed by atoms with Crippen molar-refractivity contribution in [3.63, 3.8) is 0 Å². The van der Waals surface area contributed by atoms with Crippen LogP contribution in [-0.4, -0.2) is 36.1 Å². The van der Waals surface area contributed by atoms with Gasteiger partial charge in [0.1, 0.15) is 5.54 Å². The van der Waals surface area contributed by atoms with E-state index in [2.05, 4.69) is 9.78 Å². The highest BCUT2D eigenvalue weighted by Crippen LogP contribution is 2.28. The maximum absolute atomic E-state index is 11.5. The van der Waals surface area contributed by atoms with E-state index in [9.17, 15) is 9.59 Å². The average molecular weight is 216 g/mol. The maximum atomic E-state index is 11.5. The molecule has 6 nitrogen and oxygen atoms in total. The van der Waals surface area contributed by atoms with E-state index in [1.807, 2.05) is 0 Å². The van der Waals surface area contributed by atoms with Crippen LogP contribution in [-0.2, 0) is 14.6 Å². The second-order valence-electron chi connectivity index (χ2n) is 3.76. The lowest BCUT2D eigenvalue weighted by atomic mass is 9.88. The second-order valence-corrected chi connectivity index (χ2v) is 3.76. The standard InChI is InChI=1S/C9H16N2O4/c1-9(7(10)12)5-3-4-6-11(9)8(13)15-14-2/h3-6H2,1-2H3,(H2,10,12). The normalized spacial score (nSPS) is 26.1. The van der Waals surface area contributed by atoms with Crippen molar-refractivity contribution in [3.05, 3.63) is 0 Å². The molecule has 0 radical (unpaired) electrons. The van der Waals surface area contributed by atoms with Gasteiger partial charge in [-0.1, -0.05) is 0 Å². The van der Waals surface area contributed by atoms with Crippen LogP contribution in [0.5, 0.6) is 0 Å². The summed E-state index contributed by atoms with van der Waals surface area (Å²) in [5, 5.41) is 0. The van der Waals surface area contributed by atoms with Gasteiger partial charge in [0, 0.05) is 6.54 Å². The first-order valence-electron chi connectivity index (χ1n) is 4.84. The van der Waals surface area contributed by atoms with Crippen molar-refractivity contribution in [2.45, 2.75) is 31.7 Å². The molecule has 6 heteroatoms. The van der Waals surface area contributed by atoms with Gasteiger partial charge in [-0.2, -0.15) is 4.89 Å². The molecule has 0 aromatic carbocycles. The van der Waals surface area contributed by atoms with Crippen LogP contribution in [0.2, 0.25) is 0 Å². The number of likely N-dealkylation sites (tertiary alicyclic amines) is 1. The second kappa shape index (κ2) is 4.48. The first-order chi connectivity index (χ1) is 7.02. The Kier molecular flexibility index (Phi) is 3.52. The Morgan fingerprint density at radius 3 is 2.60 bits per heavy atom. The lowest BCUT2D eigenvalue weighted by Crippen LogP contribution is -2.59. The summed E-state index contributed by atoms with van der Waals surface area (Å²) in [6.45, 7) is 2.10. The quantitative estimate of drug-likeness (QED) is 0.535. The molecule has 1 aliphatic rings. The average Bonchev–Trinajstić information content (AvgIpc) is 2.18. The van der Waals surface area contributed by atoms with Crippen molar-refractivity contribution >= 4 is 12.0 Å². The SMILES string of the molecule is COOC(=O)N1CCCCC1(C)C(N)=O. The minimum atomic E-state index is -0.964. The van der Waals surface area contributed by atoms with Crippen LogP contribution in [0.15, 0.2) is 0 Å². The number of amides is 2. The Morgan fingerprint density at radius 1 is 1.40 bits per heavy atom. The molecular formula is C9H16N2O4. The maximum Gasteiger partial charge on any atom is 0.442 e. The minimum absolute atomic E-state index is 0.460. The van der Waals surface area contributed by atoms with Crippen molar-refractivity contribution in [1.29, 1.82) is 0 Å². The number of rotatable bonds is 2. The largest absolute Gasteiger partial charge is 0.442 e. The predicted octanol–water partition coefficient (Wildman–Crippen LogP) is 0.414. The van der Waals surface area contributed by atoms with Gasteiger partial charge in [0.25, 0.3) is 0 Å². The van der Waals surface area contributed by atoms with E-state index in [1.54, 1.807) is 6.92 Å². The fraction of sp³-hybridized carbons (Fsp3) is 0.778. The number of nitrogens with zero attached hydrogens (tertiary/aromatic N) is 1. The van der Waals surface area contributed by atoms with Crippen LogP contribution < -0.4 is 5.73 Å². The van der Waals surface area contributed by atoms with Crippen molar-refractivity contribution in [3.8, 4) is 0 Å². The molecule has 86 valence electrons. The molecule has 2 amide bonds. The molecule has 1 unspecified atom stereocenters. The van der Waals surface area contributed by atoms with E-state index in [1.165, 1.54) is 12.0 Å². The van der Waals surface area contributed by atoms with E-state index in [-0.39, 0.29) is 0 Å². The van der Waals surface area contributed by atoms with E-state index in [0.29, 0.717) is 13.0 Å². The molecule has 1 fully saturated rings. The molecule has 1 aliphatic heterocycles. The number of hydrogen-bond donors (Lipinski definition) is 1. The molecular weight excluding hydrogens is 200 g/mol. The molecule has 0 aliphatic carbocycles. The highest BCUT2D eigenvalue weighted by molar-refractivity contribution is 5.88. The van der Waals surface area contributed by atoms with Crippen molar-refractivity contribution < 1.29 is 19.4 Å². The van der Waals surface area contributed by atoms with Crippen molar-refractivity contribution in [2.24, 2.45) is 5.73 Å². The summed E-state index contributed by atoms with van der Waals surface area (Å²) in [7, 11) is 1.24. The van der Waals surface area contributed by atoms with E-state index < -0.39 is 17.5 Å². The van der Waals surface area contributed by atoms with Gasteiger partial charge in [-0.3, -0.25) is 14.6 Å². The van der Waals surface area contributed by atoms with Crippen LogP contribution in [0.25, 0.3) is 0 Å². The molecule has 1 heterocycles. The molecule has 1 atom stereocenters. The van der Waals surface area contributed by atoms with Crippen LogP contribution >= 0.6 is 0 Å². The third kappa shape index (κ3) is 2.20. The predicted molar refractivity (Wildman–Crippen MR) is 51.6 cm³/mol. The highest BCUT2D eigenvalue weighted by atomic mass is 17.2. The summed E-state index contributed by atoms with van der Waals surface area (Å²) in [6, 6.07) is 0. The molecule has 2 N–H and O–H groups in total. The summed E-state index contributed by atoms with van der Waals surface area (Å²) in [5.41, 5.74) is 4.33. The summed E-state index contributed by atoms with van der Waals surface area (Å²) >= 11 is 0. The van der Waals surface area contributed by atoms with Crippen molar-refractivity contribution in [1.82, 2.24) is 4.90 Å². The fourth-order valence-electron chi connectivity index (χ4n) is 1.79. The Balaban J connectivity index is 2.82. The zero-order chi connectivity index (χ0) is 11.5. The third-order valence-electron chi connectivity index (χ3n) is 2.80. The summed E-state index contributed by atoms with van der Waals surface area (Å²) < 4.78 is 0. The molecule has 0 bridgehead atoms. The number of primary amides is 1. The van der Waals surface area contributed by atoms with Gasteiger partial charge in [0.15, 0.2) is 0 Å². The number of hydrogen-bond acceptors (Lipinski definition) is 4. The molecule has 0 saturated carbocycles. The van der Waals surface area contributed by atoms with Gasteiger partial charge in [-0.15, -0.1) is 0 Å². The zero-order valence-corrected chi connectivity index (χ0v) is 8.99. The Labute approximate surface area is 88.2 Å². The lowest BCUT2D eigenvalue weighted by Gasteiger charge is -2.40. The lowest BCUT2D eigenvalue weighted by molar-refractivity contribution is -0.226. The Hall–Kier alpha value is -1.30. The third-order valence-corrected chi connectivity index (χ3v) is 2.80. The van der Waals surface area contributed by atoms with E-state index in [4.69, 9.17) is 5.73 Å². The monoisotopic (exact) mass is 216 g/mol. The van der Waals surface area contributed by atoms with Gasteiger partial charge in [0.2, 0.25) is 5.91 Å². The smallest absolute Gasteiger partial charge is 0.368 e. The number of nitrogens with two attached hydrogens (primary N) is 1. The molecule has 1 rings (SSSR count). The Bertz CT molecular complexity index is 269. The van der Waals surface area contributed by atoms with E-state index in [0.717, 1.165) is 12.8 Å². The summed E-state index contributed by atoms with van der Waals surface area (Å²) in [5.74, 6) is -0.518. The first-order valence-corrected chi connectivity index (χ1v) is 4.84. The number of carbonyl (C=O) groups is 2. The summed E-state index contributed by atoms with van der Waals surface area (Å²) in [6.07, 6.45) is 1.59. The van der Waals surface area contributed by atoms with Gasteiger partial charge in [-0.05, 0) is 26.2 Å². The zero-order valence-electron chi connectivity index (χ0n) is 8.99. The number of carbonyl (C=O) groups excluding carboxylic acids is 2. The molecule has 0 spiro atoms. The Morgan fingerprint density at radius 2 is 2.07 bits per heavy atom. The van der Waals surface area contributed by atoms with Gasteiger partial charge >= 0.3 is 6.09 Å². The van der Waals surface area contributed by atoms with Gasteiger partial charge in [-0.25, -0.2) is 4.79 Å². The van der Waals surface area contributed by atoms with Crippen LogP contribution in [0, 0.1) is 0 Å². The van der Waals surface area contributed by atoms with Crippen molar-refractivity contribution in [2.75, 3.05) is 13.7 Å². The highest BCUT2D eigenvalue weighted by Gasteiger charge is 2.43. The van der Waals surface area contributed by atoms with Crippen LogP contribution in [0.3, 0.4) is 0 Å². The number of piperidine rings is 1. The summed E-state index contributed by atoms with van der Waals surface area (Å²) in [4.78, 5) is 32.8. The minimum Gasteiger partial charge on any atom is -0.368 e. The molecule has 0 aromatic rings. The topological polar surface area (TPSA) is 81.9 Å².